The zero-order valence-corrected chi connectivity index (χ0v) is 51.9. The van der Waals surface area contributed by atoms with Crippen LogP contribution in [0, 0.1) is 0 Å². The lowest BCUT2D eigenvalue weighted by Gasteiger charge is -2.51. The van der Waals surface area contributed by atoms with Crippen molar-refractivity contribution in [2.45, 2.75) is 159 Å². The Kier molecular flexibility index (Phi) is 24.8. The molecular formula is C76H82O16. The normalized spacial score (nSPS) is 26.4. The average molecular weight is 1250 g/mol. The summed E-state index contributed by atoms with van der Waals surface area (Å²) in [6.45, 7) is 4.24. The van der Waals surface area contributed by atoms with E-state index in [1.807, 2.05) is 250 Å². The molecule has 0 saturated carbocycles. The van der Waals surface area contributed by atoms with Crippen LogP contribution in [0.3, 0.4) is 0 Å². The molecule has 11 rings (SSSR count). The molecule has 0 amide bonds. The van der Waals surface area contributed by atoms with Gasteiger partial charge in [0, 0.05) is 6.92 Å². The molecule has 0 spiro atoms. The highest BCUT2D eigenvalue weighted by Crippen LogP contribution is 2.39. The van der Waals surface area contributed by atoms with E-state index in [1.165, 1.54) is 6.92 Å². The van der Waals surface area contributed by atoms with Crippen LogP contribution >= 0.6 is 0 Å². The van der Waals surface area contributed by atoms with Gasteiger partial charge in [0.25, 0.3) is 0 Å². The van der Waals surface area contributed by atoms with Crippen molar-refractivity contribution in [3.8, 4) is 0 Å². The van der Waals surface area contributed by atoms with E-state index in [4.69, 9.17) is 66.3 Å². The van der Waals surface area contributed by atoms with Gasteiger partial charge in [-0.15, -0.1) is 0 Å². The molecule has 0 radical (unpaired) electrons. The van der Waals surface area contributed by atoms with Gasteiger partial charge in [0.15, 0.2) is 25.0 Å². The molecule has 8 aromatic rings. The molecule has 8 aromatic carbocycles. The molecule has 16 nitrogen and oxygen atoms in total. The van der Waals surface area contributed by atoms with Crippen molar-refractivity contribution in [2.24, 2.45) is 0 Å². The minimum Gasteiger partial charge on any atom is -0.457 e. The van der Waals surface area contributed by atoms with Crippen molar-refractivity contribution < 1.29 is 76.2 Å². The van der Waals surface area contributed by atoms with Gasteiger partial charge < -0.3 is 71.4 Å². The first-order chi connectivity index (χ1) is 45.3. The Morgan fingerprint density at radius 2 is 0.587 bits per heavy atom. The smallest absolute Gasteiger partial charge is 0.303 e. The van der Waals surface area contributed by atoms with Crippen LogP contribution < -0.4 is 0 Å². The second-order valence-corrected chi connectivity index (χ2v) is 23.2. The molecule has 482 valence electrons. The summed E-state index contributed by atoms with van der Waals surface area (Å²) in [5.74, 6) is -0.514. The minimum atomic E-state index is -1.49. The van der Waals surface area contributed by atoms with Crippen LogP contribution in [0.4, 0.5) is 0 Å². The standard InChI is InChI=1S/C76H82O16/c1-53-65(88-54(2)77)68(81-45-57-31-15-5-16-32-57)72(85-49-61-39-23-9-24-40-61)75(87-53)91-67-64(52-80-44-56-29-13-4-14-30-56)90-76(73(86-50-62-41-25-10-26-42-62)70(67)83-47-59-35-19-7-20-36-59)92-66-63(51-79-43-55-27-11-3-12-28-55)89-74(78)71(84-48-60-37-21-8-22-38-60)69(66)82-46-58-33-17-6-18-34-58/h3-42,53,63-76,78H,43-52H2,1-2H3/t53-,63-,64-,65+,66-,67-,68+,69+,70+,71-,72-,73-,74-,75+,76-/m1/s1. The maximum absolute atomic E-state index is 13.1. The molecule has 0 aromatic heterocycles. The lowest BCUT2D eigenvalue weighted by molar-refractivity contribution is -0.391. The molecule has 1 N–H and O–H groups in total. The lowest BCUT2D eigenvalue weighted by atomic mass is 9.95. The Balaban J connectivity index is 1.01. The van der Waals surface area contributed by atoms with E-state index in [0.717, 1.165) is 44.5 Å². The van der Waals surface area contributed by atoms with Gasteiger partial charge in [0.2, 0.25) is 0 Å². The third-order valence-electron chi connectivity index (χ3n) is 16.3. The molecule has 92 heavy (non-hydrogen) atoms. The number of aliphatic hydroxyl groups is 1. The van der Waals surface area contributed by atoms with Crippen LogP contribution in [0.2, 0.25) is 0 Å². The molecule has 3 saturated heterocycles. The number of aliphatic hydroxyl groups excluding tert-OH is 1. The third kappa shape index (κ3) is 18.9. The van der Waals surface area contributed by atoms with Crippen LogP contribution in [0.5, 0.6) is 0 Å². The Bertz CT molecular complexity index is 3340. The van der Waals surface area contributed by atoms with Gasteiger partial charge in [-0.1, -0.05) is 243 Å². The highest BCUT2D eigenvalue weighted by Gasteiger charge is 2.57. The van der Waals surface area contributed by atoms with Crippen molar-refractivity contribution in [3.05, 3.63) is 287 Å². The maximum atomic E-state index is 13.1. The van der Waals surface area contributed by atoms with E-state index >= 15 is 0 Å². The van der Waals surface area contributed by atoms with E-state index < -0.39 is 98.1 Å². The largest absolute Gasteiger partial charge is 0.457 e. The van der Waals surface area contributed by atoms with Crippen molar-refractivity contribution in [2.75, 3.05) is 13.2 Å². The van der Waals surface area contributed by atoms with Crippen molar-refractivity contribution in [3.63, 3.8) is 0 Å². The van der Waals surface area contributed by atoms with E-state index in [0.29, 0.717) is 0 Å². The highest BCUT2D eigenvalue weighted by atomic mass is 16.8. The number of carbonyl (C=O) groups is 1. The number of benzene rings is 8. The Hall–Kier alpha value is -7.33. The summed E-state index contributed by atoms with van der Waals surface area (Å²) < 4.78 is 97.6. The Morgan fingerprint density at radius 3 is 0.913 bits per heavy atom. The average Bonchev–Trinajstić information content (AvgIpc) is 0.855. The van der Waals surface area contributed by atoms with Crippen molar-refractivity contribution >= 4 is 5.97 Å². The van der Waals surface area contributed by atoms with Gasteiger partial charge >= 0.3 is 5.97 Å². The molecule has 3 fully saturated rings. The first-order valence-corrected chi connectivity index (χ1v) is 31.6. The number of hydrogen-bond acceptors (Lipinski definition) is 16. The predicted octanol–water partition coefficient (Wildman–Crippen LogP) is 11.8. The van der Waals surface area contributed by atoms with E-state index in [-0.39, 0.29) is 66.1 Å². The molecule has 0 bridgehead atoms. The maximum Gasteiger partial charge on any atom is 0.303 e. The molecule has 0 aliphatic carbocycles. The van der Waals surface area contributed by atoms with Crippen LogP contribution in [-0.2, 0) is 124 Å². The second kappa shape index (κ2) is 34.5. The molecule has 16 heteroatoms. The van der Waals surface area contributed by atoms with E-state index in [1.54, 1.807) is 0 Å². The number of ether oxygens (including phenoxy) is 14. The number of esters is 1. The van der Waals surface area contributed by atoms with Gasteiger partial charge in [-0.2, -0.15) is 0 Å². The third-order valence-corrected chi connectivity index (χ3v) is 16.3. The van der Waals surface area contributed by atoms with Gasteiger partial charge in [-0.25, -0.2) is 0 Å². The fraction of sp³-hybridized carbons (Fsp3) is 0.355. The van der Waals surface area contributed by atoms with Gasteiger partial charge in [0.1, 0.15) is 61.0 Å². The van der Waals surface area contributed by atoms with Gasteiger partial charge in [0.05, 0.1) is 72.2 Å². The van der Waals surface area contributed by atoms with Crippen molar-refractivity contribution in [1.82, 2.24) is 0 Å². The summed E-state index contributed by atoms with van der Waals surface area (Å²) in [4.78, 5) is 13.1. The summed E-state index contributed by atoms with van der Waals surface area (Å²) in [5.41, 5.74) is 7.14. The summed E-state index contributed by atoms with van der Waals surface area (Å²) in [5, 5.41) is 12.2. The van der Waals surface area contributed by atoms with Crippen LogP contribution in [-0.4, -0.2) is 116 Å². The number of carbonyl (C=O) groups excluding carboxylic acids is 1. The monoisotopic (exact) mass is 1250 g/mol. The Labute approximate surface area is 539 Å². The fourth-order valence-electron chi connectivity index (χ4n) is 11.7. The van der Waals surface area contributed by atoms with E-state index in [2.05, 4.69) is 0 Å². The van der Waals surface area contributed by atoms with Crippen molar-refractivity contribution in [1.29, 1.82) is 0 Å². The Morgan fingerprint density at radius 1 is 0.326 bits per heavy atom. The van der Waals surface area contributed by atoms with Crippen LogP contribution in [0.15, 0.2) is 243 Å². The minimum absolute atomic E-state index is 0.0395. The highest BCUT2D eigenvalue weighted by molar-refractivity contribution is 5.66. The summed E-state index contributed by atoms with van der Waals surface area (Å²) >= 11 is 0. The summed E-state index contributed by atoms with van der Waals surface area (Å²) in [6.07, 6.45) is -16.1. The topological polar surface area (TPSA) is 167 Å². The molecule has 15 atom stereocenters. The SMILES string of the molecule is CC(=O)O[C@@H]1[C@H](OCc2ccccc2)[C@@H](OCc2ccccc2)[C@H](O[C@H]2[C@H](OCc3ccccc3)[C@@H](OCc3ccccc3)[C@@H](O[C@H]3[C@H](OCc4ccccc4)[C@@H](OCc4ccccc4)[C@H](O)O[C@@H]3COCc3ccccc3)O[C@@H]2COCc2ccccc2)O[C@@H]1C. The lowest BCUT2D eigenvalue weighted by Crippen LogP contribution is -2.68. The quantitative estimate of drug-likeness (QED) is 0.0407. The zero-order chi connectivity index (χ0) is 63.1. The van der Waals surface area contributed by atoms with Gasteiger partial charge in [-0.3, -0.25) is 4.79 Å². The molecular weight excluding hydrogens is 1170 g/mol. The molecule has 3 heterocycles. The second-order valence-electron chi connectivity index (χ2n) is 23.2. The first kappa shape index (κ1) is 66.1. The summed E-state index contributed by atoms with van der Waals surface area (Å²) in [7, 11) is 0. The fourth-order valence-corrected chi connectivity index (χ4v) is 11.7. The first-order valence-electron chi connectivity index (χ1n) is 31.6. The molecule has 3 aliphatic rings. The number of rotatable bonds is 31. The zero-order valence-electron chi connectivity index (χ0n) is 51.9. The van der Waals surface area contributed by atoms with Crippen LogP contribution in [0.1, 0.15) is 58.4 Å². The molecule has 0 unspecified atom stereocenters. The number of hydrogen-bond donors (Lipinski definition) is 1. The van der Waals surface area contributed by atoms with E-state index in [9.17, 15) is 9.90 Å². The van der Waals surface area contributed by atoms with Crippen LogP contribution in [0.25, 0.3) is 0 Å². The predicted molar refractivity (Wildman–Crippen MR) is 341 cm³/mol. The summed E-state index contributed by atoms with van der Waals surface area (Å²) in [6, 6.07) is 78.3. The molecule has 3 aliphatic heterocycles. The van der Waals surface area contributed by atoms with Gasteiger partial charge in [-0.05, 0) is 51.4 Å².